The third kappa shape index (κ3) is 6.52. The van der Waals surface area contributed by atoms with E-state index in [1.54, 1.807) is 20.1 Å². The zero-order valence-corrected chi connectivity index (χ0v) is 12.9. The lowest BCUT2D eigenvalue weighted by Crippen LogP contribution is -2.33. The van der Waals surface area contributed by atoms with E-state index < -0.39 is 10.8 Å². The van der Waals surface area contributed by atoms with Crippen molar-refractivity contribution < 1.29 is 14.5 Å². The van der Waals surface area contributed by atoms with Crippen LogP contribution in [-0.4, -0.2) is 44.2 Å². The summed E-state index contributed by atoms with van der Waals surface area (Å²) in [6.07, 6.45) is 0. The number of carbonyl (C=O) groups is 1. The molecule has 21 heavy (non-hydrogen) atoms. The van der Waals surface area contributed by atoms with Crippen LogP contribution in [0.5, 0.6) is 0 Å². The maximum absolute atomic E-state index is 11.9. The molecule has 0 saturated carbocycles. The van der Waals surface area contributed by atoms with E-state index in [0.29, 0.717) is 26.2 Å². The molecule has 1 aromatic rings. The number of nitro groups is 1. The van der Waals surface area contributed by atoms with Crippen molar-refractivity contribution in [2.24, 2.45) is 0 Å². The molecule has 0 bridgehead atoms. The molecule has 0 aromatic heterocycles. The number of ether oxygens (including phenoxy) is 1. The standard InChI is InChI=1S/C13H19N3O4.ClH/c1-10-3-4-12(16(18)19)11(9-10)13(17)15-6-5-14-7-8-20-2;/h3-4,9,14H,5-8H2,1-2H3,(H,15,17);1H. The summed E-state index contributed by atoms with van der Waals surface area (Å²) in [5.74, 6) is -0.436. The summed E-state index contributed by atoms with van der Waals surface area (Å²) in [6.45, 7) is 4.05. The van der Waals surface area contributed by atoms with E-state index in [-0.39, 0.29) is 23.7 Å². The number of nitrogens with one attached hydrogen (secondary N) is 2. The fourth-order valence-electron chi connectivity index (χ4n) is 1.65. The minimum atomic E-state index is -0.550. The second kappa shape index (κ2) is 10.1. The first kappa shape index (κ1) is 19.3. The van der Waals surface area contributed by atoms with Crippen molar-refractivity contribution in [2.45, 2.75) is 6.92 Å². The van der Waals surface area contributed by atoms with Crippen LogP contribution in [0.4, 0.5) is 5.69 Å². The molecule has 0 atom stereocenters. The molecule has 1 aromatic carbocycles. The average molecular weight is 318 g/mol. The van der Waals surface area contributed by atoms with E-state index in [1.807, 2.05) is 0 Å². The molecular formula is C13H20ClN3O4. The number of nitro benzene ring substituents is 1. The van der Waals surface area contributed by atoms with Gasteiger partial charge in [0, 0.05) is 32.8 Å². The monoisotopic (exact) mass is 317 g/mol. The summed E-state index contributed by atoms with van der Waals surface area (Å²) in [5, 5.41) is 16.6. The van der Waals surface area contributed by atoms with Crippen LogP contribution in [0.2, 0.25) is 0 Å². The van der Waals surface area contributed by atoms with Gasteiger partial charge in [0.1, 0.15) is 5.56 Å². The zero-order chi connectivity index (χ0) is 15.0. The second-order valence-electron chi connectivity index (χ2n) is 4.28. The highest BCUT2D eigenvalue weighted by Crippen LogP contribution is 2.19. The van der Waals surface area contributed by atoms with Crippen molar-refractivity contribution in [3.05, 3.63) is 39.4 Å². The van der Waals surface area contributed by atoms with Crippen LogP contribution in [-0.2, 0) is 4.74 Å². The molecule has 0 fully saturated rings. The summed E-state index contributed by atoms with van der Waals surface area (Å²) in [6, 6.07) is 4.48. The van der Waals surface area contributed by atoms with E-state index in [0.717, 1.165) is 5.56 Å². The van der Waals surface area contributed by atoms with Crippen LogP contribution in [0.15, 0.2) is 18.2 Å². The first-order chi connectivity index (χ1) is 9.56. The summed E-state index contributed by atoms with van der Waals surface area (Å²) in [5.41, 5.74) is 0.714. The van der Waals surface area contributed by atoms with Gasteiger partial charge in [0.2, 0.25) is 0 Å². The number of rotatable bonds is 8. The van der Waals surface area contributed by atoms with Gasteiger partial charge in [0.05, 0.1) is 11.5 Å². The van der Waals surface area contributed by atoms with E-state index in [2.05, 4.69) is 10.6 Å². The number of carbonyl (C=O) groups excluding carboxylic acids is 1. The number of hydrogen-bond donors (Lipinski definition) is 2. The zero-order valence-electron chi connectivity index (χ0n) is 12.0. The lowest BCUT2D eigenvalue weighted by molar-refractivity contribution is -0.385. The molecule has 0 aliphatic rings. The van der Waals surface area contributed by atoms with E-state index in [1.165, 1.54) is 12.1 Å². The molecule has 118 valence electrons. The van der Waals surface area contributed by atoms with Crippen LogP contribution in [0.1, 0.15) is 15.9 Å². The van der Waals surface area contributed by atoms with Gasteiger partial charge in [-0.15, -0.1) is 12.4 Å². The molecule has 0 heterocycles. The number of benzene rings is 1. The van der Waals surface area contributed by atoms with Gasteiger partial charge in [0.25, 0.3) is 11.6 Å². The SMILES string of the molecule is COCCNCCNC(=O)c1cc(C)ccc1[N+](=O)[O-].Cl. The Morgan fingerprint density at radius 1 is 1.33 bits per heavy atom. The molecule has 2 N–H and O–H groups in total. The van der Waals surface area contributed by atoms with Gasteiger partial charge in [0.15, 0.2) is 0 Å². The second-order valence-corrected chi connectivity index (χ2v) is 4.28. The average Bonchev–Trinajstić information content (AvgIpc) is 2.42. The quantitative estimate of drug-likeness (QED) is 0.428. The molecule has 0 radical (unpaired) electrons. The Morgan fingerprint density at radius 2 is 2.05 bits per heavy atom. The van der Waals surface area contributed by atoms with Crippen molar-refractivity contribution in [3.8, 4) is 0 Å². The van der Waals surface area contributed by atoms with Crippen LogP contribution in [0, 0.1) is 17.0 Å². The summed E-state index contributed by atoms with van der Waals surface area (Å²) in [4.78, 5) is 22.3. The highest BCUT2D eigenvalue weighted by Gasteiger charge is 2.19. The Bertz CT molecular complexity index is 482. The van der Waals surface area contributed by atoms with Gasteiger partial charge >= 0.3 is 0 Å². The fraction of sp³-hybridized carbons (Fsp3) is 0.462. The van der Waals surface area contributed by atoms with Gasteiger partial charge < -0.3 is 15.4 Å². The molecule has 0 unspecified atom stereocenters. The highest BCUT2D eigenvalue weighted by atomic mass is 35.5. The first-order valence-electron chi connectivity index (χ1n) is 6.29. The lowest BCUT2D eigenvalue weighted by Gasteiger charge is -2.07. The number of halogens is 1. The van der Waals surface area contributed by atoms with Crippen molar-refractivity contribution in [1.29, 1.82) is 0 Å². The first-order valence-corrected chi connectivity index (χ1v) is 6.29. The van der Waals surface area contributed by atoms with Crippen LogP contribution < -0.4 is 10.6 Å². The van der Waals surface area contributed by atoms with Gasteiger partial charge in [-0.05, 0) is 18.6 Å². The minimum absolute atomic E-state index is 0. The largest absolute Gasteiger partial charge is 0.383 e. The molecule has 0 saturated heterocycles. The maximum atomic E-state index is 11.9. The van der Waals surface area contributed by atoms with Crippen LogP contribution >= 0.6 is 12.4 Å². The molecule has 1 amide bonds. The van der Waals surface area contributed by atoms with E-state index in [4.69, 9.17) is 4.74 Å². The summed E-state index contributed by atoms with van der Waals surface area (Å²) < 4.78 is 4.87. The van der Waals surface area contributed by atoms with Crippen molar-refractivity contribution in [2.75, 3.05) is 33.4 Å². The topological polar surface area (TPSA) is 93.5 Å². The number of nitrogens with zero attached hydrogens (tertiary/aromatic N) is 1. The molecule has 8 heteroatoms. The number of methoxy groups -OCH3 is 1. The van der Waals surface area contributed by atoms with Gasteiger partial charge in [-0.2, -0.15) is 0 Å². The van der Waals surface area contributed by atoms with Crippen molar-refractivity contribution in [3.63, 3.8) is 0 Å². The summed E-state index contributed by atoms with van der Waals surface area (Å²) >= 11 is 0. The van der Waals surface area contributed by atoms with Crippen molar-refractivity contribution in [1.82, 2.24) is 10.6 Å². The van der Waals surface area contributed by atoms with E-state index >= 15 is 0 Å². The third-order valence-corrected chi connectivity index (χ3v) is 2.66. The fourth-order valence-corrected chi connectivity index (χ4v) is 1.65. The minimum Gasteiger partial charge on any atom is -0.383 e. The van der Waals surface area contributed by atoms with Crippen LogP contribution in [0.25, 0.3) is 0 Å². The number of hydrogen-bond acceptors (Lipinski definition) is 5. The maximum Gasteiger partial charge on any atom is 0.282 e. The van der Waals surface area contributed by atoms with Crippen molar-refractivity contribution >= 4 is 24.0 Å². The Balaban J connectivity index is 0.00000400. The summed E-state index contributed by atoms with van der Waals surface area (Å²) in [7, 11) is 1.61. The van der Waals surface area contributed by atoms with Crippen LogP contribution in [0.3, 0.4) is 0 Å². The van der Waals surface area contributed by atoms with Gasteiger partial charge in [-0.1, -0.05) is 6.07 Å². The molecule has 0 aliphatic carbocycles. The van der Waals surface area contributed by atoms with E-state index in [9.17, 15) is 14.9 Å². The highest BCUT2D eigenvalue weighted by molar-refractivity contribution is 5.98. The predicted molar refractivity (Wildman–Crippen MR) is 82.2 cm³/mol. The number of amides is 1. The number of aryl methyl sites for hydroxylation is 1. The molecular weight excluding hydrogens is 298 g/mol. The molecule has 0 aliphatic heterocycles. The van der Waals surface area contributed by atoms with Gasteiger partial charge in [-0.3, -0.25) is 14.9 Å². The smallest absolute Gasteiger partial charge is 0.282 e. The molecule has 1 rings (SSSR count). The Hall–Kier alpha value is -1.70. The Morgan fingerprint density at radius 3 is 2.67 bits per heavy atom. The normalized spacial score (nSPS) is 9.81. The lowest BCUT2D eigenvalue weighted by atomic mass is 10.1. The predicted octanol–water partition coefficient (Wildman–Crippen LogP) is 1.29. The Kier molecular flexibility index (Phi) is 9.27. The van der Waals surface area contributed by atoms with Gasteiger partial charge in [-0.25, -0.2) is 0 Å². The molecule has 0 spiro atoms. The Labute approximate surface area is 129 Å². The third-order valence-electron chi connectivity index (χ3n) is 2.66. The molecule has 7 nitrogen and oxygen atoms in total.